The van der Waals surface area contributed by atoms with Crippen molar-refractivity contribution in [2.75, 3.05) is 12.4 Å². The number of methoxy groups -OCH3 is 1. The number of carbonyl (C=O) groups excluding carboxylic acids is 2. The Kier molecular flexibility index (Phi) is 5.79. The van der Waals surface area contributed by atoms with Crippen molar-refractivity contribution in [2.45, 2.75) is 0 Å². The van der Waals surface area contributed by atoms with Gasteiger partial charge in [-0.3, -0.25) is 14.9 Å². The number of carbonyl (C=O) groups is 2. The molecule has 0 spiro atoms. The van der Waals surface area contributed by atoms with E-state index in [0.717, 1.165) is 0 Å². The minimum absolute atomic E-state index is 0.177. The number of nitro groups is 1. The normalized spacial score (nSPS) is 10.5. The molecule has 26 heavy (non-hydrogen) atoms. The molecule has 0 aromatic heterocycles. The molecule has 1 amide bonds. The zero-order chi connectivity index (χ0) is 19.1. The highest BCUT2D eigenvalue weighted by Gasteiger charge is 2.12. The lowest BCUT2D eigenvalue weighted by atomic mass is 10.1. The van der Waals surface area contributed by atoms with Crippen LogP contribution in [0.2, 0.25) is 0 Å². The van der Waals surface area contributed by atoms with Crippen molar-refractivity contribution in [1.29, 1.82) is 5.26 Å². The zero-order valence-corrected chi connectivity index (χ0v) is 13.6. The molecule has 0 fully saturated rings. The zero-order valence-electron chi connectivity index (χ0n) is 13.6. The van der Waals surface area contributed by atoms with Crippen molar-refractivity contribution >= 4 is 29.3 Å². The fourth-order valence-electron chi connectivity index (χ4n) is 2.04. The van der Waals surface area contributed by atoms with E-state index in [9.17, 15) is 25.0 Å². The van der Waals surface area contributed by atoms with Crippen LogP contribution in [-0.4, -0.2) is 23.9 Å². The molecule has 0 aliphatic heterocycles. The van der Waals surface area contributed by atoms with Gasteiger partial charge in [-0.05, 0) is 29.8 Å². The second-order valence-corrected chi connectivity index (χ2v) is 5.04. The summed E-state index contributed by atoms with van der Waals surface area (Å²) in [6.45, 7) is 0. The summed E-state index contributed by atoms with van der Waals surface area (Å²) in [6, 6.07) is 13.3. The van der Waals surface area contributed by atoms with Crippen molar-refractivity contribution in [3.8, 4) is 6.07 Å². The SMILES string of the molecule is COC(=O)c1ccc(/C=C(\C#N)C(=O)Nc2cccc([N+](=O)[O-])c2)cc1. The Morgan fingerprint density at radius 2 is 1.92 bits per heavy atom. The van der Waals surface area contributed by atoms with Crippen molar-refractivity contribution in [3.05, 3.63) is 75.3 Å². The summed E-state index contributed by atoms with van der Waals surface area (Å²) in [7, 11) is 1.27. The predicted molar refractivity (Wildman–Crippen MR) is 93.1 cm³/mol. The number of hydrogen-bond acceptors (Lipinski definition) is 6. The molecule has 2 aromatic carbocycles. The molecule has 8 heteroatoms. The molecule has 0 saturated heterocycles. The molecule has 0 unspecified atom stereocenters. The first-order chi connectivity index (χ1) is 12.4. The van der Waals surface area contributed by atoms with E-state index in [0.29, 0.717) is 11.1 Å². The van der Waals surface area contributed by atoms with Gasteiger partial charge in [-0.1, -0.05) is 18.2 Å². The Morgan fingerprint density at radius 3 is 2.50 bits per heavy atom. The average molecular weight is 351 g/mol. The van der Waals surface area contributed by atoms with E-state index in [2.05, 4.69) is 10.1 Å². The number of nitro benzene ring substituents is 1. The van der Waals surface area contributed by atoms with Crippen LogP contribution in [-0.2, 0) is 9.53 Å². The van der Waals surface area contributed by atoms with Crippen LogP contribution in [0.3, 0.4) is 0 Å². The van der Waals surface area contributed by atoms with Gasteiger partial charge in [-0.15, -0.1) is 0 Å². The third-order valence-corrected chi connectivity index (χ3v) is 3.32. The molecule has 0 heterocycles. The summed E-state index contributed by atoms with van der Waals surface area (Å²) >= 11 is 0. The van der Waals surface area contributed by atoms with E-state index in [1.165, 1.54) is 49.6 Å². The Morgan fingerprint density at radius 1 is 1.23 bits per heavy atom. The van der Waals surface area contributed by atoms with Crippen LogP contribution < -0.4 is 5.32 Å². The van der Waals surface area contributed by atoms with Crippen molar-refractivity contribution in [1.82, 2.24) is 0 Å². The summed E-state index contributed by atoms with van der Waals surface area (Å²) in [5.74, 6) is -1.20. The summed E-state index contributed by atoms with van der Waals surface area (Å²) in [6.07, 6.45) is 1.34. The lowest BCUT2D eigenvalue weighted by molar-refractivity contribution is -0.384. The molecule has 0 aliphatic rings. The van der Waals surface area contributed by atoms with E-state index < -0.39 is 16.8 Å². The third-order valence-electron chi connectivity index (χ3n) is 3.32. The highest BCUT2D eigenvalue weighted by Crippen LogP contribution is 2.18. The van der Waals surface area contributed by atoms with Crippen molar-refractivity contribution in [3.63, 3.8) is 0 Å². The molecule has 2 aromatic rings. The van der Waals surface area contributed by atoms with Crippen LogP contribution in [0, 0.1) is 21.4 Å². The Bertz CT molecular complexity index is 927. The summed E-state index contributed by atoms with van der Waals surface area (Å²) < 4.78 is 4.59. The first kappa shape index (κ1) is 18.4. The van der Waals surface area contributed by atoms with Crippen molar-refractivity contribution in [2.24, 2.45) is 0 Å². The quantitative estimate of drug-likeness (QED) is 0.290. The minimum Gasteiger partial charge on any atom is -0.465 e. The summed E-state index contributed by atoms with van der Waals surface area (Å²) in [5, 5.41) is 22.4. The van der Waals surface area contributed by atoms with E-state index in [4.69, 9.17) is 0 Å². The lowest BCUT2D eigenvalue weighted by Crippen LogP contribution is -2.13. The number of non-ortho nitro benzene ring substituents is 1. The number of hydrogen-bond donors (Lipinski definition) is 1. The van der Waals surface area contributed by atoms with E-state index in [-0.39, 0.29) is 16.9 Å². The van der Waals surface area contributed by atoms with Gasteiger partial charge >= 0.3 is 5.97 Å². The second kappa shape index (κ2) is 8.21. The molecule has 8 nitrogen and oxygen atoms in total. The highest BCUT2D eigenvalue weighted by molar-refractivity contribution is 6.09. The number of nitriles is 1. The largest absolute Gasteiger partial charge is 0.465 e. The molecule has 1 N–H and O–H groups in total. The Hall–Kier alpha value is -3.99. The smallest absolute Gasteiger partial charge is 0.337 e. The first-order valence-electron chi connectivity index (χ1n) is 7.30. The molecule has 0 saturated carbocycles. The van der Waals surface area contributed by atoms with Crippen LogP contribution in [0.4, 0.5) is 11.4 Å². The standard InChI is InChI=1S/C18H13N3O5/c1-26-18(23)13-7-5-12(6-8-13)9-14(11-19)17(22)20-15-3-2-4-16(10-15)21(24)25/h2-10H,1H3,(H,20,22)/b14-9+. The van der Waals surface area contributed by atoms with Gasteiger partial charge in [0.2, 0.25) is 0 Å². The minimum atomic E-state index is -0.704. The number of amides is 1. The number of rotatable bonds is 5. The maximum atomic E-state index is 12.2. The topological polar surface area (TPSA) is 122 Å². The second-order valence-electron chi connectivity index (χ2n) is 5.04. The maximum Gasteiger partial charge on any atom is 0.337 e. The fourth-order valence-corrected chi connectivity index (χ4v) is 2.04. The number of benzene rings is 2. The van der Waals surface area contributed by atoms with Crippen LogP contribution in [0.25, 0.3) is 6.08 Å². The first-order valence-corrected chi connectivity index (χ1v) is 7.30. The number of esters is 1. The highest BCUT2D eigenvalue weighted by atomic mass is 16.6. The molecular weight excluding hydrogens is 338 g/mol. The predicted octanol–water partition coefficient (Wildman–Crippen LogP) is 2.93. The van der Waals surface area contributed by atoms with E-state index >= 15 is 0 Å². The Balaban J connectivity index is 2.19. The van der Waals surface area contributed by atoms with Gasteiger partial charge < -0.3 is 10.1 Å². The molecular formula is C18H13N3O5. The number of nitrogens with one attached hydrogen (secondary N) is 1. The lowest BCUT2D eigenvalue weighted by Gasteiger charge is -2.04. The molecule has 0 aliphatic carbocycles. The van der Waals surface area contributed by atoms with E-state index in [1.807, 2.05) is 0 Å². The van der Waals surface area contributed by atoms with Gasteiger partial charge in [0.15, 0.2) is 0 Å². The third kappa shape index (κ3) is 4.52. The number of anilines is 1. The molecule has 130 valence electrons. The van der Waals surface area contributed by atoms with Gasteiger partial charge in [-0.2, -0.15) is 5.26 Å². The summed E-state index contributed by atoms with van der Waals surface area (Å²) in [4.78, 5) is 33.8. The van der Waals surface area contributed by atoms with Gasteiger partial charge in [0.05, 0.1) is 17.6 Å². The van der Waals surface area contributed by atoms with Crippen molar-refractivity contribution < 1.29 is 19.2 Å². The van der Waals surface area contributed by atoms with Gasteiger partial charge in [0.1, 0.15) is 11.6 Å². The number of ether oxygens (including phenoxy) is 1. The van der Waals surface area contributed by atoms with Gasteiger partial charge in [0.25, 0.3) is 11.6 Å². The van der Waals surface area contributed by atoms with Crippen LogP contribution in [0.15, 0.2) is 54.1 Å². The fraction of sp³-hybridized carbons (Fsp3) is 0.0556. The van der Waals surface area contributed by atoms with Crippen LogP contribution in [0.5, 0.6) is 0 Å². The van der Waals surface area contributed by atoms with Gasteiger partial charge in [0, 0.05) is 17.8 Å². The van der Waals surface area contributed by atoms with Crippen LogP contribution in [0.1, 0.15) is 15.9 Å². The molecule has 0 bridgehead atoms. The van der Waals surface area contributed by atoms with Gasteiger partial charge in [-0.25, -0.2) is 4.79 Å². The maximum absolute atomic E-state index is 12.2. The van der Waals surface area contributed by atoms with Crippen LogP contribution >= 0.6 is 0 Å². The monoisotopic (exact) mass is 351 g/mol. The average Bonchev–Trinajstić information content (AvgIpc) is 2.66. The van der Waals surface area contributed by atoms with E-state index in [1.54, 1.807) is 18.2 Å². The molecule has 0 radical (unpaired) electrons. The molecule has 2 rings (SSSR count). The Labute approximate surface area is 148 Å². The number of nitrogens with zero attached hydrogens (tertiary/aromatic N) is 2. The summed E-state index contributed by atoms with van der Waals surface area (Å²) in [5.41, 5.74) is 0.699. The molecule has 0 atom stereocenters.